The number of phenols is 1. The Morgan fingerprint density at radius 3 is 2.36 bits per heavy atom. The van der Waals surface area contributed by atoms with Crippen LogP contribution >= 0.6 is 0 Å². The molecular formula is C22H19N3O3. The summed E-state index contributed by atoms with van der Waals surface area (Å²) in [6.07, 6.45) is 1.44. The molecule has 0 atom stereocenters. The number of benzene rings is 3. The molecule has 0 spiro atoms. The summed E-state index contributed by atoms with van der Waals surface area (Å²) in [6.45, 7) is 1.92. The zero-order valence-corrected chi connectivity index (χ0v) is 15.2. The SMILES string of the molecule is Cc1cccc(C(=O)Nc2ccc(C(=O)N/N=C/c3cccc(O)c3)cc2)c1. The van der Waals surface area contributed by atoms with Crippen molar-refractivity contribution in [2.75, 3.05) is 5.32 Å². The maximum absolute atomic E-state index is 12.3. The minimum atomic E-state index is -0.382. The predicted molar refractivity (Wildman–Crippen MR) is 109 cm³/mol. The van der Waals surface area contributed by atoms with Crippen molar-refractivity contribution in [2.24, 2.45) is 5.10 Å². The molecule has 0 fully saturated rings. The van der Waals surface area contributed by atoms with Crippen molar-refractivity contribution in [3.63, 3.8) is 0 Å². The highest BCUT2D eigenvalue weighted by atomic mass is 16.3. The summed E-state index contributed by atoms with van der Waals surface area (Å²) in [6, 6.07) is 20.3. The van der Waals surface area contributed by atoms with Gasteiger partial charge in [-0.15, -0.1) is 0 Å². The second kappa shape index (κ2) is 8.64. The maximum atomic E-state index is 12.3. The van der Waals surface area contributed by atoms with Crippen LogP contribution in [0.25, 0.3) is 0 Å². The van der Waals surface area contributed by atoms with Gasteiger partial charge >= 0.3 is 0 Å². The van der Waals surface area contributed by atoms with Crippen LogP contribution in [0, 0.1) is 6.92 Å². The summed E-state index contributed by atoms with van der Waals surface area (Å²) in [5.74, 6) is -0.469. The highest BCUT2D eigenvalue weighted by Crippen LogP contribution is 2.13. The molecule has 0 radical (unpaired) electrons. The number of rotatable bonds is 5. The first-order chi connectivity index (χ1) is 13.5. The predicted octanol–water partition coefficient (Wildman–Crippen LogP) is 3.72. The molecule has 0 saturated carbocycles. The average molecular weight is 373 g/mol. The molecule has 0 aliphatic carbocycles. The van der Waals surface area contributed by atoms with E-state index in [-0.39, 0.29) is 17.6 Å². The molecule has 6 heteroatoms. The van der Waals surface area contributed by atoms with Gasteiger partial charge in [-0.25, -0.2) is 5.43 Å². The molecule has 0 aromatic heterocycles. The van der Waals surface area contributed by atoms with Crippen molar-refractivity contribution in [1.29, 1.82) is 0 Å². The molecule has 3 aromatic rings. The van der Waals surface area contributed by atoms with E-state index in [2.05, 4.69) is 15.8 Å². The van der Waals surface area contributed by atoms with Crippen LogP contribution in [-0.2, 0) is 0 Å². The molecule has 140 valence electrons. The second-order valence-corrected chi connectivity index (χ2v) is 6.20. The van der Waals surface area contributed by atoms with Gasteiger partial charge in [0.15, 0.2) is 0 Å². The molecule has 0 bridgehead atoms. The van der Waals surface area contributed by atoms with Gasteiger partial charge in [0.05, 0.1) is 6.21 Å². The topological polar surface area (TPSA) is 90.8 Å². The molecule has 2 amide bonds. The number of hydrogen-bond donors (Lipinski definition) is 3. The van der Waals surface area contributed by atoms with E-state index in [1.54, 1.807) is 48.5 Å². The molecule has 3 aromatic carbocycles. The number of phenolic OH excluding ortho intramolecular Hbond substituents is 1. The van der Waals surface area contributed by atoms with Crippen LogP contribution < -0.4 is 10.7 Å². The zero-order valence-electron chi connectivity index (χ0n) is 15.2. The lowest BCUT2D eigenvalue weighted by Crippen LogP contribution is -2.17. The van der Waals surface area contributed by atoms with Crippen LogP contribution in [-0.4, -0.2) is 23.1 Å². The first-order valence-corrected chi connectivity index (χ1v) is 8.62. The third kappa shape index (κ3) is 5.04. The third-order valence-electron chi connectivity index (χ3n) is 3.94. The Balaban J connectivity index is 1.59. The molecule has 28 heavy (non-hydrogen) atoms. The van der Waals surface area contributed by atoms with Crippen LogP contribution in [0.3, 0.4) is 0 Å². The fourth-order valence-electron chi connectivity index (χ4n) is 2.53. The van der Waals surface area contributed by atoms with Crippen molar-refractivity contribution in [2.45, 2.75) is 6.92 Å². The Morgan fingerprint density at radius 1 is 0.893 bits per heavy atom. The molecule has 0 aliphatic heterocycles. The highest BCUT2D eigenvalue weighted by molar-refractivity contribution is 6.04. The van der Waals surface area contributed by atoms with E-state index in [0.29, 0.717) is 22.4 Å². The van der Waals surface area contributed by atoms with Crippen molar-refractivity contribution in [3.05, 3.63) is 95.1 Å². The summed E-state index contributed by atoms with van der Waals surface area (Å²) in [7, 11) is 0. The van der Waals surface area contributed by atoms with Crippen molar-refractivity contribution < 1.29 is 14.7 Å². The molecule has 3 N–H and O–H groups in total. The highest BCUT2D eigenvalue weighted by Gasteiger charge is 2.08. The first kappa shape index (κ1) is 18.8. The van der Waals surface area contributed by atoms with Gasteiger partial charge in [0.2, 0.25) is 0 Å². The van der Waals surface area contributed by atoms with Gasteiger partial charge in [-0.05, 0) is 61.0 Å². The second-order valence-electron chi connectivity index (χ2n) is 6.20. The van der Waals surface area contributed by atoms with Crippen LogP contribution in [0.5, 0.6) is 5.75 Å². The van der Waals surface area contributed by atoms with Crippen LogP contribution in [0.4, 0.5) is 5.69 Å². The number of nitrogens with zero attached hydrogens (tertiary/aromatic N) is 1. The van der Waals surface area contributed by atoms with E-state index < -0.39 is 0 Å². The fraction of sp³-hybridized carbons (Fsp3) is 0.0455. The van der Waals surface area contributed by atoms with E-state index in [1.165, 1.54) is 12.3 Å². The lowest BCUT2D eigenvalue weighted by Gasteiger charge is -2.07. The number of aryl methyl sites for hydroxylation is 1. The molecule has 3 rings (SSSR count). The summed E-state index contributed by atoms with van der Waals surface area (Å²) in [5, 5.41) is 16.1. The Bertz CT molecular complexity index is 1030. The number of carbonyl (C=O) groups is 2. The number of nitrogens with one attached hydrogen (secondary N) is 2. The van der Waals surface area contributed by atoms with Crippen molar-refractivity contribution >= 4 is 23.7 Å². The first-order valence-electron chi connectivity index (χ1n) is 8.62. The number of hydrogen-bond acceptors (Lipinski definition) is 4. The standard InChI is InChI=1S/C22H19N3O3/c1-15-4-2-6-18(12-15)21(27)24-19-10-8-17(9-11-19)22(28)25-23-14-16-5-3-7-20(26)13-16/h2-14,26H,1H3,(H,24,27)(H,25,28)/b23-14+. The van der Waals surface area contributed by atoms with Crippen LogP contribution in [0.1, 0.15) is 31.8 Å². The van der Waals surface area contributed by atoms with E-state index >= 15 is 0 Å². The molecular weight excluding hydrogens is 354 g/mol. The summed E-state index contributed by atoms with van der Waals surface area (Å²) in [5.41, 5.74) is 5.65. The van der Waals surface area contributed by atoms with Crippen LogP contribution in [0.15, 0.2) is 77.9 Å². The smallest absolute Gasteiger partial charge is 0.271 e. The number of aromatic hydroxyl groups is 1. The van der Waals surface area contributed by atoms with Gasteiger partial charge in [0, 0.05) is 16.8 Å². The molecule has 0 aliphatic rings. The van der Waals surface area contributed by atoms with Crippen molar-refractivity contribution in [3.8, 4) is 5.75 Å². The summed E-state index contributed by atoms with van der Waals surface area (Å²) < 4.78 is 0. The molecule has 0 unspecified atom stereocenters. The Kier molecular flexibility index (Phi) is 5.81. The summed E-state index contributed by atoms with van der Waals surface area (Å²) >= 11 is 0. The zero-order chi connectivity index (χ0) is 19.9. The third-order valence-corrected chi connectivity index (χ3v) is 3.94. The molecule has 6 nitrogen and oxygen atoms in total. The van der Waals surface area contributed by atoms with E-state index in [4.69, 9.17) is 0 Å². The Morgan fingerprint density at radius 2 is 1.64 bits per heavy atom. The van der Waals surface area contributed by atoms with E-state index in [0.717, 1.165) is 5.56 Å². The van der Waals surface area contributed by atoms with Gasteiger partial charge in [-0.3, -0.25) is 9.59 Å². The number of hydrazone groups is 1. The summed E-state index contributed by atoms with van der Waals surface area (Å²) in [4.78, 5) is 24.4. The van der Waals surface area contributed by atoms with Gasteiger partial charge in [-0.1, -0.05) is 29.8 Å². The molecule has 0 saturated heterocycles. The Labute approximate surface area is 162 Å². The fourth-order valence-corrected chi connectivity index (χ4v) is 2.53. The Hall–Kier alpha value is -3.93. The average Bonchev–Trinajstić information content (AvgIpc) is 2.68. The van der Waals surface area contributed by atoms with Crippen molar-refractivity contribution in [1.82, 2.24) is 5.43 Å². The number of carbonyl (C=O) groups excluding carboxylic acids is 2. The number of amides is 2. The van der Waals surface area contributed by atoms with Gasteiger partial charge in [-0.2, -0.15) is 5.10 Å². The van der Waals surface area contributed by atoms with Gasteiger partial charge in [0.1, 0.15) is 5.75 Å². The lowest BCUT2D eigenvalue weighted by atomic mass is 10.1. The normalized spacial score (nSPS) is 10.6. The lowest BCUT2D eigenvalue weighted by molar-refractivity contribution is 0.0954. The maximum Gasteiger partial charge on any atom is 0.271 e. The van der Waals surface area contributed by atoms with Gasteiger partial charge in [0.25, 0.3) is 11.8 Å². The molecule has 0 heterocycles. The van der Waals surface area contributed by atoms with Gasteiger partial charge < -0.3 is 10.4 Å². The van der Waals surface area contributed by atoms with Crippen LogP contribution in [0.2, 0.25) is 0 Å². The monoisotopic (exact) mass is 373 g/mol. The minimum Gasteiger partial charge on any atom is -0.508 e. The van der Waals surface area contributed by atoms with E-state index in [9.17, 15) is 14.7 Å². The minimum absolute atomic E-state index is 0.124. The largest absolute Gasteiger partial charge is 0.508 e. The number of anilines is 1. The quantitative estimate of drug-likeness (QED) is 0.470. The van der Waals surface area contributed by atoms with E-state index in [1.807, 2.05) is 25.1 Å².